The number of H-pyrrole nitrogens is 1. The van der Waals surface area contributed by atoms with Gasteiger partial charge < -0.3 is 25.9 Å². The molecule has 1 aliphatic rings. The molecule has 29 heavy (non-hydrogen) atoms. The Balaban J connectivity index is 1.67. The summed E-state index contributed by atoms with van der Waals surface area (Å²) in [5.74, 6) is 0.917. The van der Waals surface area contributed by atoms with E-state index < -0.39 is 0 Å². The molecule has 0 spiro atoms. The Morgan fingerprint density at radius 1 is 1.28 bits per heavy atom. The molecule has 154 valence electrons. The summed E-state index contributed by atoms with van der Waals surface area (Å²) in [6.45, 7) is 8.94. The third kappa shape index (κ3) is 5.01. The van der Waals surface area contributed by atoms with Crippen molar-refractivity contribution >= 4 is 17.6 Å². The predicted molar refractivity (Wildman–Crippen MR) is 114 cm³/mol. The van der Waals surface area contributed by atoms with E-state index in [2.05, 4.69) is 20.6 Å². The second-order valence-electron chi connectivity index (χ2n) is 8.42. The molecule has 0 radical (unpaired) electrons. The number of anilines is 1. The van der Waals surface area contributed by atoms with Crippen molar-refractivity contribution in [3.63, 3.8) is 0 Å². The van der Waals surface area contributed by atoms with Gasteiger partial charge in [-0.3, -0.25) is 4.79 Å². The van der Waals surface area contributed by atoms with E-state index in [1.54, 1.807) is 11.8 Å². The van der Waals surface area contributed by atoms with Gasteiger partial charge in [0.15, 0.2) is 0 Å². The number of aromatic amines is 1. The number of rotatable bonds is 5. The molecule has 0 aliphatic carbocycles. The van der Waals surface area contributed by atoms with Gasteiger partial charge >= 0.3 is 6.03 Å². The maximum absolute atomic E-state index is 12.5. The first-order valence-electron chi connectivity index (χ1n) is 9.68. The zero-order chi connectivity index (χ0) is 21.2. The van der Waals surface area contributed by atoms with E-state index in [1.165, 1.54) is 0 Å². The van der Waals surface area contributed by atoms with Gasteiger partial charge in [-0.2, -0.15) is 0 Å². The van der Waals surface area contributed by atoms with Gasteiger partial charge in [-0.1, -0.05) is 30.3 Å². The lowest BCUT2D eigenvalue weighted by atomic mass is 9.99. The normalized spacial score (nSPS) is 14.3. The summed E-state index contributed by atoms with van der Waals surface area (Å²) in [7, 11) is 0. The molecule has 4 N–H and O–H groups in total. The third-order valence-corrected chi connectivity index (χ3v) is 4.65. The van der Waals surface area contributed by atoms with Crippen LogP contribution in [0.25, 0.3) is 0 Å². The Kier molecular flexibility index (Phi) is 5.72. The number of hydrogen-bond acceptors (Lipinski definition) is 5. The lowest BCUT2D eigenvalue weighted by Crippen LogP contribution is -2.53. The number of likely N-dealkylation sites (tertiary alicyclic amines) is 1. The quantitative estimate of drug-likeness (QED) is 0.582. The van der Waals surface area contributed by atoms with Crippen molar-refractivity contribution in [3.05, 3.63) is 57.6 Å². The summed E-state index contributed by atoms with van der Waals surface area (Å²) in [5, 5.41) is 14.0. The predicted octanol–water partition coefficient (Wildman–Crippen LogP) is 2.68. The molecule has 3 rings (SSSR count). The lowest BCUT2D eigenvalue weighted by molar-refractivity contribution is 0.148. The van der Waals surface area contributed by atoms with Crippen LogP contribution in [-0.2, 0) is 6.54 Å². The summed E-state index contributed by atoms with van der Waals surface area (Å²) >= 11 is 0. The van der Waals surface area contributed by atoms with Gasteiger partial charge in [0, 0.05) is 30.9 Å². The zero-order valence-corrected chi connectivity index (χ0v) is 17.3. The van der Waals surface area contributed by atoms with Gasteiger partial charge in [-0.15, -0.1) is 0 Å². The van der Waals surface area contributed by atoms with E-state index in [9.17, 15) is 9.59 Å². The molecule has 2 aromatic rings. The fourth-order valence-corrected chi connectivity index (χ4v) is 3.18. The largest absolute Gasteiger partial charge is 0.365 e. The Morgan fingerprint density at radius 3 is 2.52 bits per heavy atom. The van der Waals surface area contributed by atoms with Gasteiger partial charge in [0.2, 0.25) is 0 Å². The maximum Gasteiger partial charge on any atom is 0.317 e. The number of nitrogens with one attached hydrogen (secondary N) is 4. The molecule has 8 nitrogen and oxygen atoms in total. The Hall–Kier alpha value is -3.16. The van der Waals surface area contributed by atoms with Crippen molar-refractivity contribution in [3.8, 4) is 0 Å². The second-order valence-corrected chi connectivity index (χ2v) is 8.42. The number of carbonyl (C=O) groups excluding carboxylic acids is 1. The van der Waals surface area contributed by atoms with E-state index in [0.717, 1.165) is 5.56 Å². The van der Waals surface area contributed by atoms with Crippen LogP contribution in [0.2, 0.25) is 0 Å². The topological polar surface area (TPSA) is 114 Å². The molecule has 1 aromatic heterocycles. The van der Waals surface area contributed by atoms with E-state index in [-0.39, 0.29) is 34.3 Å². The molecule has 1 aliphatic heterocycles. The average molecular weight is 396 g/mol. The van der Waals surface area contributed by atoms with Crippen LogP contribution < -0.4 is 16.2 Å². The average Bonchev–Trinajstić information content (AvgIpc) is 2.57. The van der Waals surface area contributed by atoms with Gasteiger partial charge in [0.05, 0.1) is 5.92 Å². The van der Waals surface area contributed by atoms with Crippen LogP contribution in [0.5, 0.6) is 0 Å². The molecule has 0 saturated carbocycles. The molecular formula is C21H28N6O2. The van der Waals surface area contributed by atoms with Crippen molar-refractivity contribution in [2.45, 2.75) is 45.7 Å². The highest BCUT2D eigenvalue weighted by Crippen LogP contribution is 2.26. The van der Waals surface area contributed by atoms with Crippen LogP contribution in [0.3, 0.4) is 0 Å². The van der Waals surface area contributed by atoms with Crippen LogP contribution in [-0.4, -0.2) is 45.2 Å². The summed E-state index contributed by atoms with van der Waals surface area (Å²) in [4.78, 5) is 33.9. The number of amides is 2. The van der Waals surface area contributed by atoms with Gasteiger partial charge in [0.25, 0.3) is 5.56 Å². The summed E-state index contributed by atoms with van der Waals surface area (Å²) in [6.07, 6.45) is 0. The van der Waals surface area contributed by atoms with Crippen LogP contribution in [0.1, 0.15) is 50.6 Å². The van der Waals surface area contributed by atoms with Crippen LogP contribution >= 0.6 is 0 Å². The number of hydrogen-bond donors (Lipinski definition) is 4. The van der Waals surface area contributed by atoms with Crippen molar-refractivity contribution in [2.24, 2.45) is 0 Å². The fourth-order valence-electron chi connectivity index (χ4n) is 3.18. The van der Waals surface area contributed by atoms with Crippen LogP contribution in [0, 0.1) is 5.41 Å². The molecule has 0 atom stereocenters. The monoisotopic (exact) mass is 396 g/mol. The van der Waals surface area contributed by atoms with E-state index in [0.29, 0.717) is 31.3 Å². The number of nitrogens with zero attached hydrogens (tertiary/aromatic N) is 2. The maximum atomic E-state index is 12.5. The Labute approximate surface area is 170 Å². The van der Waals surface area contributed by atoms with E-state index >= 15 is 0 Å². The lowest BCUT2D eigenvalue weighted by Gasteiger charge is -2.38. The highest BCUT2D eigenvalue weighted by Gasteiger charge is 2.34. The first-order valence-corrected chi connectivity index (χ1v) is 9.68. The number of aromatic nitrogens is 2. The summed E-state index contributed by atoms with van der Waals surface area (Å²) in [5.41, 5.74) is 0.819. The Bertz CT molecular complexity index is 955. The van der Waals surface area contributed by atoms with Crippen molar-refractivity contribution in [2.75, 3.05) is 18.4 Å². The van der Waals surface area contributed by atoms with E-state index in [4.69, 9.17) is 5.41 Å². The first kappa shape index (κ1) is 20.6. The molecule has 0 unspecified atom stereocenters. The number of carbonyl (C=O) groups is 1. The van der Waals surface area contributed by atoms with Gasteiger partial charge in [-0.05, 0) is 33.3 Å². The van der Waals surface area contributed by atoms with Gasteiger partial charge in [0.1, 0.15) is 17.2 Å². The highest BCUT2D eigenvalue weighted by molar-refractivity contribution is 6.00. The number of urea groups is 1. The highest BCUT2D eigenvalue weighted by atomic mass is 16.2. The summed E-state index contributed by atoms with van der Waals surface area (Å²) < 4.78 is 0. The zero-order valence-electron chi connectivity index (χ0n) is 17.3. The molecule has 8 heteroatoms. The molecule has 2 heterocycles. The first-order chi connectivity index (χ1) is 13.6. The van der Waals surface area contributed by atoms with Crippen molar-refractivity contribution in [1.82, 2.24) is 20.2 Å². The second kappa shape index (κ2) is 8.06. The third-order valence-electron chi connectivity index (χ3n) is 4.65. The minimum atomic E-state index is -0.332. The minimum Gasteiger partial charge on any atom is -0.365 e. The molecule has 1 aromatic carbocycles. The molecular weight excluding hydrogens is 368 g/mol. The molecule has 1 saturated heterocycles. The smallest absolute Gasteiger partial charge is 0.317 e. The summed E-state index contributed by atoms with van der Waals surface area (Å²) in [6, 6.07) is 9.60. The molecule has 2 amide bonds. The van der Waals surface area contributed by atoms with E-state index in [1.807, 2.05) is 51.1 Å². The standard InChI is InChI=1S/C21H28N6O2/c1-13(22)16-18(26-21(2,3)4)24-17(25-19(16)28)15-11-27(12-15)20(29)23-10-14-8-6-5-7-9-14/h5-9,15,22H,10-12H2,1-4H3,(H,23,29)(H2,24,25,26,28). The van der Waals surface area contributed by atoms with Crippen LogP contribution in [0.15, 0.2) is 35.1 Å². The SMILES string of the molecule is CC(=N)c1c(NC(C)(C)C)nc(C2CN(C(=O)NCc3ccccc3)C2)[nH]c1=O. The Morgan fingerprint density at radius 2 is 1.93 bits per heavy atom. The van der Waals surface area contributed by atoms with Gasteiger partial charge in [-0.25, -0.2) is 9.78 Å². The van der Waals surface area contributed by atoms with Crippen molar-refractivity contribution in [1.29, 1.82) is 5.41 Å². The fraction of sp³-hybridized carbons (Fsp3) is 0.429. The minimum absolute atomic E-state index is 0.0363. The molecule has 0 bridgehead atoms. The molecule has 1 fully saturated rings. The number of benzene rings is 1. The van der Waals surface area contributed by atoms with Crippen molar-refractivity contribution < 1.29 is 4.79 Å². The van der Waals surface area contributed by atoms with Crippen LogP contribution in [0.4, 0.5) is 10.6 Å².